The van der Waals surface area contributed by atoms with E-state index in [0.29, 0.717) is 0 Å². The van der Waals surface area contributed by atoms with E-state index in [1.54, 1.807) is 12.1 Å². The number of fused-ring (bicyclic) bond motifs is 1. The molecule has 1 aliphatic heterocycles. The van der Waals surface area contributed by atoms with Crippen LogP contribution in [-0.2, 0) is 13.1 Å². The standard InChI is InChI=1S/C31H32ClF3N2O2/c1-2-3-16-37-21-28(22-8-10-25(11-9-22)39-31(33,34)35)27-19-26(12-13-30(27)37)38-24-14-17-36(18-15-24)20-23-6-4-5-7-29(23)32/h4-13,19,21,24H,2-3,14-18,20H2,1H3. The Hall–Kier alpha value is -3.16. The fraction of sp³-hybridized carbons (Fsp3) is 0.355. The van der Waals surface area contributed by atoms with Crippen molar-refractivity contribution >= 4 is 22.5 Å². The van der Waals surface area contributed by atoms with Crippen LogP contribution < -0.4 is 9.47 Å². The average Bonchev–Trinajstić information content (AvgIpc) is 3.27. The lowest BCUT2D eigenvalue weighted by Crippen LogP contribution is -2.37. The van der Waals surface area contributed by atoms with Crippen molar-refractivity contribution in [3.05, 3.63) is 83.5 Å². The summed E-state index contributed by atoms with van der Waals surface area (Å²) in [5, 5.41) is 1.82. The lowest BCUT2D eigenvalue weighted by Gasteiger charge is -2.32. The number of ether oxygens (including phenoxy) is 2. The van der Waals surface area contributed by atoms with Gasteiger partial charge in [-0.2, -0.15) is 0 Å². The minimum absolute atomic E-state index is 0.120. The molecule has 0 aliphatic carbocycles. The van der Waals surface area contributed by atoms with Crippen molar-refractivity contribution < 1.29 is 22.6 Å². The zero-order chi connectivity index (χ0) is 27.4. The third kappa shape index (κ3) is 6.89. The number of halogens is 4. The van der Waals surface area contributed by atoms with Crippen molar-refractivity contribution in [2.45, 2.75) is 58.2 Å². The number of hydrogen-bond donors (Lipinski definition) is 0. The van der Waals surface area contributed by atoms with E-state index in [1.165, 1.54) is 12.1 Å². The summed E-state index contributed by atoms with van der Waals surface area (Å²) in [6.07, 6.45) is 1.43. The van der Waals surface area contributed by atoms with Gasteiger partial charge < -0.3 is 14.0 Å². The van der Waals surface area contributed by atoms with Gasteiger partial charge in [-0.05, 0) is 66.8 Å². The number of nitrogens with zero attached hydrogens (tertiary/aromatic N) is 2. The number of likely N-dealkylation sites (tertiary alicyclic amines) is 1. The van der Waals surface area contributed by atoms with Crippen LogP contribution in [0.25, 0.3) is 22.0 Å². The van der Waals surface area contributed by atoms with Gasteiger partial charge in [0, 0.05) is 53.9 Å². The quantitative estimate of drug-likeness (QED) is 0.206. The Morgan fingerprint density at radius 1 is 0.949 bits per heavy atom. The van der Waals surface area contributed by atoms with Crippen LogP contribution in [0.2, 0.25) is 5.02 Å². The third-order valence-electron chi connectivity index (χ3n) is 7.19. The predicted molar refractivity (Wildman–Crippen MR) is 149 cm³/mol. The molecular formula is C31H32ClF3N2O2. The molecule has 0 amide bonds. The first-order valence-corrected chi connectivity index (χ1v) is 13.8. The molecule has 0 spiro atoms. The summed E-state index contributed by atoms with van der Waals surface area (Å²) in [5.41, 5.74) is 4.01. The first kappa shape index (κ1) is 27.4. The van der Waals surface area contributed by atoms with Gasteiger partial charge in [-0.3, -0.25) is 4.90 Å². The molecule has 8 heteroatoms. The predicted octanol–water partition coefficient (Wildman–Crippen LogP) is 8.70. The third-order valence-corrected chi connectivity index (χ3v) is 7.56. The minimum atomic E-state index is -4.71. The summed E-state index contributed by atoms with van der Waals surface area (Å²) in [6.45, 7) is 5.72. The summed E-state index contributed by atoms with van der Waals surface area (Å²) < 4.78 is 50.6. The molecule has 0 N–H and O–H groups in total. The first-order valence-electron chi connectivity index (χ1n) is 13.4. The highest BCUT2D eigenvalue weighted by Gasteiger charge is 2.31. The second-order valence-corrected chi connectivity index (χ2v) is 10.4. The molecule has 0 bridgehead atoms. The smallest absolute Gasteiger partial charge is 0.490 e. The number of aryl methyl sites for hydroxylation is 1. The molecular weight excluding hydrogens is 525 g/mol. The molecule has 1 aliphatic rings. The molecule has 39 heavy (non-hydrogen) atoms. The molecule has 1 aromatic heterocycles. The molecule has 0 saturated carbocycles. The molecule has 0 unspecified atom stereocenters. The Morgan fingerprint density at radius 3 is 2.36 bits per heavy atom. The average molecular weight is 557 g/mol. The molecule has 4 nitrogen and oxygen atoms in total. The van der Waals surface area contributed by atoms with Crippen LogP contribution in [0.5, 0.6) is 11.5 Å². The fourth-order valence-corrected chi connectivity index (χ4v) is 5.37. The largest absolute Gasteiger partial charge is 0.573 e. The number of piperidine rings is 1. The van der Waals surface area contributed by atoms with Gasteiger partial charge in [0.15, 0.2) is 0 Å². The van der Waals surface area contributed by atoms with Crippen LogP contribution >= 0.6 is 11.6 Å². The fourth-order valence-electron chi connectivity index (χ4n) is 5.17. The van der Waals surface area contributed by atoms with Crippen molar-refractivity contribution in [3.63, 3.8) is 0 Å². The zero-order valence-corrected chi connectivity index (χ0v) is 22.6. The lowest BCUT2D eigenvalue weighted by atomic mass is 10.0. The van der Waals surface area contributed by atoms with E-state index in [4.69, 9.17) is 16.3 Å². The molecule has 0 radical (unpaired) electrons. The van der Waals surface area contributed by atoms with E-state index in [9.17, 15) is 13.2 Å². The Labute approximate surface area is 231 Å². The summed E-state index contributed by atoms with van der Waals surface area (Å²) in [4.78, 5) is 2.41. The maximum Gasteiger partial charge on any atom is 0.573 e. The number of alkyl halides is 3. The van der Waals surface area contributed by atoms with Crippen LogP contribution in [0.15, 0.2) is 72.9 Å². The van der Waals surface area contributed by atoms with Crippen LogP contribution in [-0.4, -0.2) is 35.0 Å². The first-order chi connectivity index (χ1) is 18.8. The van der Waals surface area contributed by atoms with Crippen LogP contribution in [0.4, 0.5) is 13.2 Å². The van der Waals surface area contributed by atoms with Crippen molar-refractivity contribution in [2.75, 3.05) is 13.1 Å². The maximum absolute atomic E-state index is 12.6. The zero-order valence-electron chi connectivity index (χ0n) is 21.9. The maximum atomic E-state index is 12.6. The molecule has 0 atom stereocenters. The summed E-state index contributed by atoms with van der Waals surface area (Å²) in [7, 11) is 0. The molecule has 5 rings (SSSR count). The van der Waals surface area contributed by atoms with E-state index >= 15 is 0 Å². The Balaban J connectivity index is 1.32. The number of hydrogen-bond acceptors (Lipinski definition) is 3. The molecule has 4 aromatic rings. The van der Waals surface area contributed by atoms with Gasteiger partial charge in [0.05, 0.1) is 0 Å². The van der Waals surface area contributed by atoms with Crippen LogP contribution in [0, 0.1) is 0 Å². The second kappa shape index (κ2) is 11.9. The summed E-state index contributed by atoms with van der Waals surface area (Å²) >= 11 is 6.34. The van der Waals surface area contributed by atoms with Crippen molar-refractivity contribution in [3.8, 4) is 22.6 Å². The normalized spacial score (nSPS) is 15.1. The topological polar surface area (TPSA) is 26.6 Å². The van der Waals surface area contributed by atoms with E-state index in [2.05, 4.69) is 45.5 Å². The minimum Gasteiger partial charge on any atom is -0.490 e. The highest BCUT2D eigenvalue weighted by molar-refractivity contribution is 6.31. The highest BCUT2D eigenvalue weighted by atomic mass is 35.5. The van der Waals surface area contributed by atoms with Gasteiger partial charge in [0.2, 0.25) is 0 Å². The van der Waals surface area contributed by atoms with Gasteiger partial charge in [-0.1, -0.05) is 55.3 Å². The number of benzene rings is 3. The van der Waals surface area contributed by atoms with Crippen LogP contribution in [0.1, 0.15) is 38.2 Å². The van der Waals surface area contributed by atoms with Crippen molar-refractivity contribution in [1.82, 2.24) is 9.47 Å². The summed E-state index contributed by atoms with van der Waals surface area (Å²) in [6, 6.07) is 20.2. The van der Waals surface area contributed by atoms with E-state index in [-0.39, 0.29) is 11.9 Å². The lowest BCUT2D eigenvalue weighted by molar-refractivity contribution is -0.274. The molecule has 1 saturated heterocycles. The van der Waals surface area contributed by atoms with E-state index in [1.807, 2.05) is 24.3 Å². The SMILES string of the molecule is CCCCn1cc(-c2ccc(OC(F)(F)F)cc2)c2cc(OC3CCN(Cc4ccccc4Cl)CC3)ccc21. The second-order valence-electron chi connectivity index (χ2n) is 10.0. The van der Waals surface area contributed by atoms with Crippen molar-refractivity contribution in [1.29, 1.82) is 0 Å². The number of rotatable bonds is 9. The van der Waals surface area contributed by atoms with Crippen molar-refractivity contribution in [2.24, 2.45) is 0 Å². The van der Waals surface area contributed by atoms with Crippen LogP contribution in [0.3, 0.4) is 0 Å². The Morgan fingerprint density at radius 2 is 1.67 bits per heavy atom. The van der Waals surface area contributed by atoms with Gasteiger partial charge >= 0.3 is 6.36 Å². The Kier molecular flexibility index (Phi) is 8.38. The molecule has 3 aromatic carbocycles. The monoisotopic (exact) mass is 556 g/mol. The van der Waals surface area contributed by atoms with Gasteiger partial charge in [-0.15, -0.1) is 13.2 Å². The number of aromatic nitrogens is 1. The van der Waals surface area contributed by atoms with Gasteiger partial charge in [-0.25, -0.2) is 0 Å². The molecule has 206 valence electrons. The molecule has 1 fully saturated rings. The molecule has 2 heterocycles. The van der Waals surface area contributed by atoms with E-state index < -0.39 is 6.36 Å². The highest BCUT2D eigenvalue weighted by Crippen LogP contribution is 2.35. The van der Waals surface area contributed by atoms with Gasteiger partial charge in [0.1, 0.15) is 17.6 Å². The Bertz CT molecular complexity index is 1390. The number of unbranched alkanes of at least 4 members (excludes halogenated alkanes) is 1. The summed E-state index contributed by atoms with van der Waals surface area (Å²) in [5.74, 6) is 0.574. The van der Waals surface area contributed by atoms with E-state index in [0.717, 1.165) is 90.2 Å². The van der Waals surface area contributed by atoms with Gasteiger partial charge in [0.25, 0.3) is 0 Å².